The molecule has 0 unspecified atom stereocenters. The second kappa shape index (κ2) is 9.62. The van der Waals surface area contributed by atoms with E-state index in [-0.39, 0.29) is 23.0 Å². The van der Waals surface area contributed by atoms with Gasteiger partial charge in [0, 0.05) is 21.2 Å². The van der Waals surface area contributed by atoms with E-state index < -0.39 is 10.0 Å². The summed E-state index contributed by atoms with van der Waals surface area (Å²) < 4.78 is 28.5. The number of fused-ring (bicyclic) bond motifs is 3. The number of hydrogen-bond acceptors (Lipinski definition) is 6. The van der Waals surface area contributed by atoms with Crippen molar-refractivity contribution in [3.63, 3.8) is 0 Å². The van der Waals surface area contributed by atoms with Crippen molar-refractivity contribution in [2.24, 2.45) is 0 Å². The molecule has 5 rings (SSSR count). The van der Waals surface area contributed by atoms with Gasteiger partial charge in [0.25, 0.3) is 10.0 Å². The average molecular weight is 542 g/mol. The number of ketones is 1. The van der Waals surface area contributed by atoms with E-state index in [1.165, 1.54) is 10.5 Å². The Labute approximate surface area is 217 Å². The standard InChI is InChI=1S/C25H17Cl2N3O3S2/c26-18-9-5-16(6-10-18)14-30-21-4-2-1-3-20(21)24-23(35(30,32)33)13-28-25(29-24)34-15-22(31)17-7-11-19(27)12-8-17/h1-13H,14-15H2. The van der Waals surface area contributed by atoms with Crippen LogP contribution >= 0.6 is 35.0 Å². The lowest BCUT2D eigenvalue weighted by molar-refractivity contribution is 0.102. The molecular weight excluding hydrogens is 525 g/mol. The molecule has 0 spiro atoms. The minimum absolute atomic E-state index is 0.0264. The Balaban J connectivity index is 1.46. The van der Waals surface area contributed by atoms with E-state index in [1.807, 2.05) is 12.1 Å². The predicted octanol–water partition coefficient (Wildman–Crippen LogP) is 6.13. The maximum absolute atomic E-state index is 13.6. The molecule has 1 aliphatic heterocycles. The normalized spacial score (nSPS) is 13.7. The van der Waals surface area contributed by atoms with Crippen LogP contribution in [0.1, 0.15) is 15.9 Å². The van der Waals surface area contributed by atoms with Gasteiger partial charge in [-0.25, -0.2) is 18.4 Å². The summed E-state index contributed by atoms with van der Waals surface area (Å²) in [5.74, 6) is 0.00692. The molecule has 10 heteroatoms. The Hall–Kier alpha value is -2.91. The molecule has 2 heterocycles. The Morgan fingerprint density at radius 2 is 1.57 bits per heavy atom. The number of nitrogens with zero attached hydrogens (tertiary/aromatic N) is 3. The van der Waals surface area contributed by atoms with E-state index in [2.05, 4.69) is 9.97 Å². The summed E-state index contributed by atoms with van der Waals surface area (Å²) in [5.41, 5.74) is 2.86. The van der Waals surface area contributed by atoms with Gasteiger partial charge in [-0.15, -0.1) is 0 Å². The summed E-state index contributed by atoms with van der Waals surface area (Å²) in [5, 5.41) is 1.45. The maximum atomic E-state index is 13.6. The minimum Gasteiger partial charge on any atom is -0.293 e. The molecule has 3 aromatic carbocycles. The van der Waals surface area contributed by atoms with Crippen LogP contribution in [0.2, 0.25) is 10.0 Å². The Morgan fingerprint density at radius 3 is 2.29 bits per heavy atom. The number of benzene rings is 3. The van der Waals surface area contributed by atoms with Gasteiger partial charge in [-0.2, -0.15) is 0 Å². The molecule has 4 aromatic rings. The van der Waals surface area contributed by atoms with Gasteiger partial charge in [-0.1, -0.05) is 65.3 Å². The van der Waals surface area contributed by atoms with Crippen molar-refractivity contribution in [1.82, 2.24) is 9.97 Å². The van der Waals surface area contributed by atoms with Crippen LogP contribution in [0.3, 0.4) is 0 Å². The van der Waals surface area contributed by atoms with Gasteiger partial charge < -0.3 is 0 Å². The first-order valence-corrected chi connectivity index (χ1v) is 13.7. The van der Waals surface area contributed by atoms with Crippen molar-refractivity contribution in [3.05, 3.63) is 100 Å². The highest BCUT2D eigenvalue weighted by Gasteiger charge is 2.36. The molecule has 1 aromatic heterocycles. The lowest BCUT2D eigenvalue weighted by atomic mass is 10.1. The lowest BCUT2D eigenvalue weighted by Gasteiger charge is -2.31. The molecule has 1 aliphatic rings. The quantitative estimate of drug-likeness (QED) is 0.166. The fourth-order valence-corrected chi connectivity index (χ4v) is 6.24. The maximum Gasteiger partial charge on any atom is 0.268 e. The van der Waals surface area contributed by atoms with Gasteiger partial charge in [0.15, 0.2) is 10.9 Å². The zero-order valence-electron chi connectivity index (χ0n) is 18.1. The summed E-state index contributed by atoms with van der Waals surface area (Å²) in [6.45, 7) is 0.141. The predicted molar refractivity (Wildman–Crippen MR) is 139 cm³/mol. The number of carbonyl (C=O) groups excluding carboxylic acids is 1. The molecule has 0 atom stereocenters. The van der Waals surface area contributed by atoms with Crippen molar-refractivity contribution in [3.8, 4) is 11.3 Å². The highest BCUT2D eigenvalue weighted by atomic mass is 35.5. The second-order valence-electron chi connectivity index (χ2n) is 7.74. The number of anilines is 1. The van der Waals surface area contributed by atoms with E-state index in [1.54, 1.807) is 60.7 Å². The van der Waals surface area contributed by atoms with Gasteiger partial charge in [0.2, 0.25) is 0 Å². The minimum atomic E-state index is -3.91. The highest BCUT2D eigenvalue weighted by molar-refractivity contribution is 7.99. The van der Waals surface area contributed by atoms with Crippen molar-refractivity contribution in [2.45, 2.75) is 16.6 Å². The molecule has 0 aliphatic carbocycles. The number of para-hydroxylation sites is 1. The number of carbonyl (C=O) groups is 1. The van der Waals surface area contributed by atoms with Crippen molar-refractivity contribution in [2.75, 3.05) is 10.1 Å². The molecule has 0 saturated carbocycles. The van der Waals surface area contributed by atoms with Gasteiger partial charge in [0.1, 0.15) is 4.90 Å². The van der Waals surface area contributed by atoms with Crippen LogP contribution in [-0.4, -0.2) is 29.9 Å². The van der Waals surface area contributed by atoms with Crippen molar-refractivity contribution >= 4 is 56.5 Å². The molecule has 0 fully saturated rings. The second-order valence-corrected chi connectivity index (χ2v) is 11.4. The number of sulfonamides is 1. The van der Waals surface area contributed by atoms with E-state index in [0.29, 0.717) is 37.7 Å². The first kappa shape index (κ1) is 23.8. The van der Waals surface area contributed by atoms with Crippen LogP contribution in [0.15, 0.2) is 89.0 Å². The number of halogens is 2. The number of thioether (sulfide) groups is 1. The van der Waals surface area contributed by atoms with Crippen LogP contribution in [0.4, 0.5) is 5.69 Å². The Kier molecular flexibility index (Phi) is 6.55. The van der Waals surface area contributed by atoms with Gasteiger partial charge >= 0.3 is 0 Å². The average Bonchev–Trinajstić information content (AvgIpc) is 2.86. The monoisotopic (exact) mass is 541 g/mol. The zero-order valence-corrected chi connectivity index (χ0v) is 21.2. The molecule has 176 valence electrons. The third-order valence-corrected chi connectivity index (χ3v) is 8.59. The number of hydrogen-bond donors (Lipinski definition) is 0. The molecular formula is C25H17Cl2N3O3S2. The van der Waals surface area contributed by atoms with Gasteiger partial charge in [-0.3, -0.25) is 9.10 Å². The first-order valence-electron chi connectivity index (χ1n) is 10.5. The van der Waals surface area contributed by atoms with Gasteiger partial charge in [0.05, 0.1) is 29.9 Å². The first-order chi connectivity index (χ1) is 16.8. The third kappa shape index (κ3) is 4.79. The van der Waals surface area contributed by atoms with Crippen LogP contribution in [0.5, 0.6) is 0 Å². The van der Waals surface area contributed by atoms with E-state index in [9.17, 15) is 13.2 Å². The van der Waals surface area contributed by atoms with E-state index in [4.69, 9.17) is 23.2 Å². The fourth-order valence-electron chi connectivity index (χ4n) is 3.72. The van der Waals surface area contributed by atoms with E-state index in [0.717, 1.165) is 17.3 Å². The molecule has 0 saturated heterocycles. The summed E-state index contributed by atoms with van der Waals surface area (Å²) in [6, 6.07) is 20.9. The third-order valence-electron chi connectivity index (χ3n) is 5.47. The van der Waals surface area contributed by atoms with Crippen molar-refractivity contribution < 1.29 is 13.2 Å². The zero-order chi connectivity index (χ0) is 24.6. The number of rotatable bonds is 6. The molecule has 0 amide bonds. The molecule has 35 heavy (non-hydrogen) atoms. The van der Waals surface area contributed by atoms with Crippen LogP contribution in [-0.2, 0) is 16.6 Å². The lowest BCUT2D eigenvalue weighted by Crippen LogP contribution is -2.34. The highest BCUT2D eigenvalue weighted by Crippen LogP contribution is 2.42. The topological polar surface area (TPSA) is 80.2 Å². The largest absolute Gasteiger partial charge is 0.293 e. The SMILES string of the molecule is O=C(CSc1ncc2c(n1)-c1ccccc1N(Cc1ccc(Cl)cc1)S2(=O)=O)c1ccc(Cl)cc1. The molecule has 0 N–H and O–H groups in total. The van der Waals surface area contributed by atoms with E-state index >= 15 is 0 Å². The Bertz CT molecular complexity index is 1530. The van der Waals surface area contributed by atoms with Gasteiger partial charge in [-0.05, 0) is 48.0 Å². The molecule has 0 radical (unpaired) electrons. The molecule has 6 nitrogen and oxygen atoms in total. The van der Waals surface area contributed by atoms with Crippen LogP contribution in [0.25, 0.3) is 11.3 Å². The summed E-state index contributed by atoms with van der Waals surface area (Å²) in [6.07, 6.45) is 1.32. The fraction of sp³-hybridized carbons (Fsp3) is 0.0800. The molecule has 0 bridgehead atoms. The smallest absolute Gasteiger partial charge is 0.268 e. The van der Waals surface area contributed by atoms with Crippen LogP contribution in [0, 0.1) is 0 Å². The number of Topliss-reactive ketones (excluding diaryl/α,β-unsaturated/α-hetero) is 1. The summed E-state index contributed by atoms with van der Waals surface area (Å²) >= 11 is 13.0. The van der Waals surface area contributed by atoms with Crippen molar-refractivity contribution in [1.29, 1.82) is 0 Å². The number of aromatic nitrogens is 2. The Morgan fingerprint density at radius 1 is 0.914 bits per heavy atom. The summed E-state index contributed by atoms with van der Waals surface area (Å²) in [7, 11) is -3.91. The van der Waals surface area contributed by atoms with Crippen LogP contribution < -0.4 is 4.31 Å². The summed E-state index contributed by atoms with van der Waals surface area (Å²) in [4.78, 5) is 21.3.